The number of carboxylic acids is 1. The zero-order valence-electron chi connectivity index (χ0n) is 18.1. The third kappa shape index (κ3) is 10.7. The van der Waals surface area contributed by atoms with Gasteiger partial charge in [0.2, 0.25) is 23.6 Å². The molecule has 0 fully saturated rings. The SMILES string of the molecule is CCC(C)C(NC(=O)C(N)CC(C)C)C(=O)NC(CCC(N)=O)C(=O)NCC(=O)O. The van der Waals surface area contributed by atoms with Gasteiger partial charge in [-0.1, -0.05) is 34.1 Å². The van der Waals surface area contributed by atoms with Gasteiger partial charge in [-0.25, -0.2) is 0 Å². The molecule has 30 heavy (non-hydrogen) atoms. The molecule has 11 nitrogen and oxygen atoms in total. The lowest BCUT2D eigenvalue weighted by atomic mass is 9.96. The Morgan fingerprint density at radius 3 is 2.03 bits per heavy atom. The number of nitrogens with two attached hydrogens (primary N) is 2. The molecule has 0 aliphatic carbocycles. The molecular weight excluding hydrogens is 394 g/mol. The number of carbonyl (C=O) groups excluding carboxylic acids is 4. The Labute approximate surface area is 176 Å². The minimum absolute atomic E-state index is 0.111. The summed E-state index contributed by atoms with van der Waals surface area (Å²) >= 11 is 0. The van der Waals surface area contributed by atoms with Gasteiger partial charge in [0.25, 0.3) is 0 Å². The smallest absolute Gasteiger partial charge is 0.322 e. The summed E-state index contributed by atoms with van der Waals surface area (Å²) in [6.07, 6.45) is 0.708. The van der Waals surface area contributed by atoms with Crippen LogP contribution in [0.1, 0.15) is 53.4 Å². The highest BCUT2D eigenvalue weighted by Crippen LogP contribution is 2.11. The fourth-order valence-corrected chi connectivity index (χ4v) is 2.68. The van der Waals surface area contributed by atoms with E-state index in [0.29, 0.717) is 12.8 Å². The number of hydrogen-bond donors (Lipinski definition) is 6. The Hall–Kier alpha value is -2.69. The van der Waals surface area contributed by atoms with Crippen molar-refractivity contribution < 1.29 is 29.1 Å². The molecule has 172 valence electrons. The normalized spacial score (nSPS) is 14.9. The summed E-state index contributed by atoms with van der Waals surface area (Å²) in [4.78, 5) is 59.3. The summed E-state index contributed by atoms with van der Waals surface area (Å²) in [5, 5.41) is 16.0. The van der Waals surface area contributed by atoms with Crippen LogP contribution in [0.25, 0.3) is 0 Å². The zero-order valence-corrected chi connectivity index (χ0v) is 18.1. The number of carboxylic acid groups (broad SMARTS) is 1. The van der Waals surface area contributed by atoms with Crippen molar-refractivity contribution >= 4 is 29.6 Å². The summed E-state index contributed by atoms with van der Waals surface area (Å²) in [7, 11) is 0. The van der Waals surface area contributed by atoms with Crippen LogP contribution in [-0.4, -0.2) is 59.4 Å². The Kier molecular flexibility index (Phi) is 12.3. The number of aliphatic carboxylic acids is 1. The molecule has 0 aromatic rings. The van der Waals surface area contributed by atoms with Gasteiger partial charge >= 0.3 is 5.97 Å². The van der Waals surface area contributed by atoms with Crippen molar-refractivity contribution in [2.45, 2.75) is 71.5 Å². The van der Waals surface area contributed by atoms with Gasteiger partial charge in [0.05, 0.1) is 6.04 Å². The first kappa shape index (κ1) is 27.3. The maximum Gasteiger partial charge on any atom is 0.322 e. The fourth-order valence-electron chi connectivity index (χ4n) is 2.68. The van der Waals surface area contributed by atoms with Crippen molar-refractivity contribution in [1.29, 1.82) is 0 Å². The Bertz CT molecular complexity index is 625. The van der Waals surface area contributed by atoms with Crippen LogP contribution in [0.3, 0.4) is 0 Å². The molecule has 0 aliphatic heterocycles. The number of rotatable bonds is 14. The lowest BCUT2D eigenvalue weighted by molar-refractivity contribution is -0.139. The second-order valence-corrected chi connectivity index (χ2v) is 7.79. The predicted molar refractivity (Wildman–Crippen MR) is 110 cm³/mol. The molecule has 4 atom stereocenters. The highest BCUT2D eigenvalue weighted by molar-refractivity contribution is 5.94. The quantitative estimate of drug-likeness (QED) is 0.200. The Balaban J connectivity index is 5.34. The van der Waals surface area contributed by atoms with Crippen LogP contribution in [0, 0.1) is 11.8 Å². The minimum atomic E-state index is -1.26. The molecule has 0 heterocycles. The van der Waals surface area contributed by atoms with Gasteiger partial charge in [0.1, 0.15) is 18.6 Å². The molecule has 4 unspecified atom stereocenters. The van der Waals surface area contributed by atoms with Crippen molar-refractivity contribution in [2.75, 3.05) is 6.54 Å². The monoisotopic (exact) mass is 429 g/mol. The van der Waals surface area contributed by atoms with E-state index in [2.05, 4.69) is 16.0 Å². The molecule has 0 aliphatic rings. The standard InChI is InChI=1S/C19H35N5O6/c1-5-11(4)16(24-17(28)12(20)8-10(2)3)19(30)23-13(6-7-14(21)25)18(29)22-9-15(26)27/h10-13,16H,5-9,20H2,1-4H3,(H2,21,25)(H,22,29)(H,23,30)(H,24,28)(H,26,27). The molecule has 8 N–H and O–H groups in total. The first-order valence-corrected chi connectivity index (χ1v) is 10.0. The Morgan fingerprint density at radius 1 is 0.967 bits per heavy atom. The Morgan fingerprint density at radius 2 is 1.57 bits per heavy atom. The van der Waals surface area contributed by atoms with Gasteiger partial charge in [0, 0.05) is 6.42 Å². The van der Waals surface area contributed by atoms with Crippen molar-refractivity contribution in [3.05, 3.63) is 0 Å². The van der Waals surface area contributed by atoms with Gasteiger partial charge in [-0.2, -0.15) is 0 Å². The van der Waals surface area contributed by atoms with E-state index in [1.165, 1.54) is 0 Å². The van der Waals surface area contributed by atoms with E-state index in [1.54, 1.807) is 6.92 Å². The first-order chi connectivity index (χ1) is 13.9. The third-order valence-corrected chi connectivity index (χ3v) is 4.58. The fraction of sp³-hybridized carbons (Fsp3) is 0.737. The zero-order chi connectivity index (χ0) is 23.4. The van der Waals surface area contributed by atoms with Crippen LogP contribution in [0.2, 0.25) is 0 Å². The topological polar surface area (TPSA) is 194 Å². The molecule has 0 bridgehead atoms. The van der Waals surface area contributed by atoms with Crippen molar-refractivity contribution in [3.8, 4) is 0 Å². The molecule has 0 rings (SSSR count). The van der Waals surface area contributed by atoms with Crippen LogP contribution in [-0.2, 0) is 24.0 Å². The summed E-state index contributed by atoms with van der Waals surface area (Å²) in [5.41, 5.74) is 11.0. The molecule has 4 amide bonds. The number of carbonyl (C=O) groups is 5. The van der Waals surface area contributed by atoms with Gasteiger partial charge in [-0.3, -0.25) is 24.0 Å². The third-order valence-electron chi connectivity index (χ3n) is 4.58. The number of nitrogens with one attached hydrogen (secondary N) is 3. The summed E-state index contributed by atoms with van der Waals surface area (Å²) in [5.74, 6) is -3.88. The van der Waals surface area contributed by atoms with E-state index >= 15 is 0 Å². The molecule has 0 aromatic carbocycles. The molecule has 0 saturated carbocycles. The van der Waals surface area contributed by atoms with E-state index in [0.717, 1.165) is 0 Å². The summed E-state index contributed by atoms with van der Waals surface area (Å²) < 4.78 is 0. The molecule has 11 heteroatoms. The van der Waals surface area contributed by atoms with Crippen LogP contribution < -0.4 is 27.4 Å². The number of primary amides is 1. The minimum Gasteiger partial charge on any atom is -0.480 e. The van der Waals surface area contributed by atoms with Gasteiger partial charge in [0.15, 0.2) is 0 Å². The van der Waals surface area contributed by atoms with Crippen molar-refractivity contribution in [2.24, 2.45) is 23.3 Å². The van der Waals surface area contributed by atoms with Gasteiger partial charge in [-0.05, 0) is 24.7 Å². The van der Waals surface area contributed by atoms with E-state index < -0.39 is 54.3 Å². The second-order valence-electron chi connectivity index (χ2n) is 7.79. The molecule has 0 radical (unpaired) electrons. The predicted octanol–water partition coefficient (Wildman–Crippen LogP) is -1.16. The van der Waals surface area contributed by atoms with Crippen molar-refractivity contribution in [3.63, 3.8) is 0 Å². The van der Waals surface area contributed by atoms with E-state index in [-0.39, 0.29) is 24.7 Å². The van der Waals surface area contributed by atoms with Gasteiger partial charge in [-0.15, -0.1) is 0 Å². The van der Waals surface area contributed by atoms with Gasteiger partial charge < -0.3 is 32.5 Å². The first-order valence-electron chi connectivity index (χ1n) is 10.0. The summed E-state index contributed by atoms with van der Waals surface area (Å²) in [6.45, 7) is 6.81. The van der Waals surface area contributed by atoms with E-state index in [4.69, 9.17) is 16.6 Å². The average molecular weight is 430 g/mol. The molecule has 0 saturated heterocycles. The van der Waals surface area contributed by atoms with E-state index in [1.807, 2.05) is 20.8 Å². The maximum atomic E-state index is 12.8. The second kappa shape index (κ2) is 13.5. The molecule has 0 spiro atoms. The highest BCUT2D eigenvalue weighted by Gasteiger charge is 2.31. The summed E-state index contributed by atoms with van der Waals surface area (Å²) in [6, 6.07) is -2.92. The lowest BCUT2D eigenvalue weighted by Gasteiger charge is -2.27. The number of hydrogen-bond acceptors (Lipinski definition) is 6. The van der Waals surface area contributed by atoms with E-state index in [9.17, 15) is 24.0 Å². The highest BCUT2D eigenvalue weighted by atomic mass is 16.4. The van der Waals surface area contributed by atoms with Crippen LogP contribution >= 0.6 is 0 Å². The lowest BCUT2D eigenvalue weighted by Crippen LogP contribution is -2.58. The average Bonchev–Trinajstić information content (AvgIpc) is 2.65. The maximum absolute atomic E-state index is 12.8. The molecular formula is C19H35N5O6. The number of amides is 4. The largest absolute Gasteiger partial charge is 0.480 e. The van der Waals surface area contributed by atoms with Crippen LogP contribution in [0.5, 0.6) is 0 Å². The van der Waals surface area contributed by atoms with Crippen LogP contribution in [0.15, 0.2) is 0 Å². The van der Waals surface area contributed by atoms with Crippen molar-refractivity contribution in [1.82, 2.24) is 16.0 Å². The molecule has 0 aromatic heterocycles. The van der Waals surface area contributed by atoms with Crippen LogP contribution in [0.4, 0.5) is 0 Å².